The van der Waals surface area contributed by atoms with Crippen molar-refractivity contribution in [2.45, 2.75) is 45.6 Å². The fourth-order valence-corrected chi connectivity index (χ4v) is 5.02. The average Bonchev–Trinajstić information content (AvgIpc) is 2.89. The molecule has 0 radical (unpaired) electrons. The third-order valence-electron chi connectivity index (χ3n) is 5.83. The van der Waals surface area contributed by atoms with E-state index in [0.29, 0.717) is 18.6 Å². The molecule has 2 unspecified atom stereocenters. The fraction of sp³-hybridized carbons (Fsp3) is 0.545. The Kier molecular flexibility index (Phi) is 5.98. The molecular formula is C22H29N3O6. The molecule has 1 aromatic rings. The fourth-order valence-electron chi connectivity index (χ4n) is 5.02. The summed E-state index contributed by atoms with van der Waals surface area (Å²) >= 11 is 0. The summed E-state index contributed by atoms with van der Waals surface area (Å²) in [4.78, 5) is 51.5. The topological polar surface area (TPSA) is 114 Å². The molecule has 2 aliphatic rings. The van der Waals surface area contributed by atoms with Crippen LogP contribution >= 0.6 is 0 Å². The Hall–Kier alpha value is -3.10. The molecule has 1 saturated carbocycles. The first-order valence-electron chi connectivity index (χ1n) is 10.2. The van der Waals surface area contributed by atoms with Crippen LogP contribution in [0.1, 0.15) is 50.4 Å². The van der Waals surface area contributed by atoms with Gasteiger partial charge in [-0.25, -0.2) is 9.59 Å². The van der Waals surface area contributed by atoms with Crippen molar-refractivity contribution in [2.75, 3.05) is 26.1 Å². The number of methoxy groups -OCH3 is 2. The third-order valence-corrected chi connectivity index (χ3v) is 5.83. The highest BCUT2D eigenvalue weighted by Gasteiger charge is 2.56. The second-order valence-electron chi connectivity index (χ2n) is 9.21. The molecule has 1 heterocycles. The lowest BCUT2D eigenvalue weighted by atomic mass is 9.64. The first-order chi connectivity index (χ1) is 14.5. The highest BCUT2D eigenvalue weighted by molar-refractivity contribution is 6.11. The molecule has 0 aromatic heterocycles. The number of hydrogen-bond acceptors (Lipinski definition) is 6. The SMILES string of the molecule is COC(=O)c1cc(OC)ccc1NC(=O)CN1C(=O)NC2(CC(C)CC(C)(C)C2)C1=O. The van der Waals surface area contributed by atoms with Crippen LogP contribution in [0.5, 0.6) is 5.75 Å². The van der Waals surface area contributed by atoms with Crippen LogP contribution in [0.25, 0.3) is 0 Å². The van der Waals surface area contributed by atoms with Gasteiger partial charge in [0.05, 0.1) is 25.5 Å². The van der Waals surface area contributed by atoms with Crippen LogP contribution in [-0.4, -0.2) is 55.0 Å². The predicted molar refractivity (Wildman–Crippen MR) is 113 cm³/mol. The van der Waals surface area contributed by atoms with Crippen LogP contribution < -0.4 is 15.4 Å². The minimum absolute atomic E-state index is 0.0998. The largest absolute Gasteiger partial charge is 0.497 e. The second-order valence-corrected chi connectivity index (χ2v) is 9.21. The molecule has 1 aromatic carbocycles. The van der Waals surface area contributed by atoms with Gasteiger partial charge >= 0.3 is 12.0 Å². The molecule has 4 amide bonds. The quantitative estimate of drug-likeness (QED) is 0.547. The summed E-state index contributed by atoms with van der Waals surface area (Å²) in [6, 6.07) is 3.95. The summed E-state index contributed by atoms with van der Waals surface area (Å²) in [5, 5.41) is 5.44. The maximum Gasteiger partial charge on any atom is 0.340 e. The minimum Gasteiger partial charge on any atom is -0.497 e. The van der Waals surface area contributed by atoms with Gasteiger partial charge in [0.2, 0.25) is 5.91 Å². The van der Waals surface area contributed by atoms with Gasteiger partial charge in [-0.15, -0.1) is 0 Å². The number of rotatable bonds is 5. The molecule has 2 fully saturated rings. The monoisotopic (exact) mass is 431 g/mol. The van der Waals surface area contributed by atoms with E-state index in [1.54, 1.807) is 6.07 Å². The number of nitrogens with one attached hydrogen (secondary N) is 2. The standard InChI is InChI=1S/C22H29N3O6/c1-13-9-21(2,3)12-22(10-13)19(28)25(20(29)24-22)11-17(26)23-16-7-6-14(30-4)8-15(16)18(27)31-5/h6-8,13H,9-12H2,1-5H3,(H,23,26)(H,24,29). The van der Waals surface area contributed by atoms with Gasteiger partial charge in [-0.2, -0.15) is 0 Å². The van der Waals surface area contributed by atoms with E-state index in [1.807, 2.05) is 0 Å². The molecule has 31 heavy (non-hydrogen) atoms. The summed E-state index contributed by atoms with van der Waals surface area (Å²) in [5.74, 6) is -0.942. The Morgan fingerprint density at radius 2 is 1.94 bits per heavy atom. The van der Waals surface area contributed by atoms with Crippen molar-refractivity contribution in [3.05, 3.63) is 23.8 Å². The van der Waals surface area contributed by atoms with Gasteiger partial charge < -0.3 is 20.1 Å². The maximum atomic E-state index is 13.2. The normalized spacial score (nSPS) is 24.7. The Balaban J connectivity index is 1.76. The molecule has 1 aliphatic heterocycles. The Bertz CT molecular complexity index is 928. The molecule has 2 N–H and O–H groups in total. The van der Waals surface area contributed by atoms with Crippen LogP contribution in [0, 0.1) is 11.3 Å². The Morgan fingerprint density at radius 1 is 1.23 bits per heavy atom. The lowest BCUT2D eigenvalue weighted by molar-refractivity contribution is -0.136. The molecule has 1 spiro atoms. The predicted octanol–water partition coefficient (Wildman–Crippen LogP) is 2.56. The van der Waals surface area contributed by atoms with Crippen molar-refractivity contribution in [3.8, 4) is 5.75 Å². The van der Waals surface area contributed by atoms with Gasteiger partial charge in [-0.1, -0.05) is 20.8 Å². The number of amides is 4. The molecule has 1 aliphatic carbocycles. The molecule has 3 rings (SSSR count). The summed E-state index contributed by atoms with van der Waals surface area (Å²) in [7, 11) is 2.68. The summed E-state index contributed by atoms with van der Waals surface area (Å²) < 4.78 is 9.86. The molecule has 2 atom stereocenters. The third kappa shape index (κ3) is 4.50. The van der Waals surface area contributed by atoms with Crippen molar-refractivity contribution < 1.29 is 28.7 Å². The van der Waals surface area contributed by atoms with Crippen molar-refractivity contribution in [1.82, 2.24) is 10.2 Å². The number of carbonyl (C=O) groups excluding carboxylic acids is 4. The van der Waals surface area contributed by atoms with E-state index in [1.165, 1.54) is 26.4 Å². The molecule has 168 valence electrons. The molecule has 9 heteroatoms. The van der Waals surface area contributed by atoms with Gasteiger partial charge in [-0.05, 0) is 48.8 Å². The number of anilines is 1. The highest BCUT2D eigenvalue weighted by atomic mass is 16.5. The van der Waals surface area contributed by atoms with Crippen LogP contribution in [-0.2, 0) is 14.3 Å². The zero-order chi connectivity index (χ0) is 23.0. The van der Waals surface area contributed by atoms with Crippen molar-refractivity contribution in [1.29, 1.82) is 0 Å². The van der Waals surface area contributed by atoms with Crippen LogP contribution in [0.2, 0.25) is 0 Å². The van der Waals surface area contributed by atoms with Gasteiger partial charge in [0.1, 0.15) is 17.8 Å². The van der Waals surface area contributed by atoms with Crippen molar-refractivity contribution in [2.24, 2.45) is 11.3 Å². The van der Waals surface area contributed by atoms with E-state index in [2.05, 4.69) is 31.4 Å². The summed E-state index contributed by atoms with van der Waals surface area (Å²) in [5.41, 5.74) is -0.772. The molecule has 1 saturated heterocycles. The lowest BCUT2D eigenvalue weighted by Crippen LogP contribution is -2.54. The number of esters is 1. The van der Waals surface area contributed by atoms with Gasteiger partial charge in [0, 0.05) is 0 Å². The Labute approximate surface area is 181 Å². The number of urea groups is 1. The zero-order valence-corrected chi connectivity index (χ0v) is 18.5. The number of hydrogen-bond donors (Lipinski definition) is 2. The van der Waals surface area contributed by atoms with E-state index in [-0.39, 0.29) is 28.5 Å². The number of imide groups is 1. The van der Waals surface area contributed by atoms with Crippen LogP contribution in [0.4, 0.5) is 10.5 Å². The number of nitrogens with zero attached hydrogens (tertiary/aromatic N) is 1. The van der Waals surface area contributed by atoms with Crippen LogP contribution in [0.15, 0.2) is 18.2 Å². The van der Waals surface area contributed by atoms with E-state index >= 15 is 0 Å². The first kappa shape index (κ1) is 22.6. The van der Waals surface area contributed by atoms with Crippen LogP contribution in [0.3, 0.4) is 0 Å². The summed E-state index contributed by atoms with van der Waals surface area (Å²) in [6.45, 7) is 5.78. The average molecular weight is 431 g/mol. The minimum atomic E-state index is -0.976. The smallest absolute Gasteiger partial charge is 0.340 e. The molecular weight excluding hydrogens is 402 g/mol. The van der Waals surface area contributed by atoms with Gasteiger partial charge in [0.25, 0.3) is 5.91 Å². The van der Waals surface area contributed by atoms with Crippen molar-refractivity contribution in [3.63, 3.8) is 0 Å². The number of carbonyl (C=O) groups is 4. The molecule has 9 nitrogen and oxygen atoms in total. The first-order valence-corrected chi connectivity index (χ1v) is 10.2. The lowest BCUT2D eigenvalue weighted by Gasteiger charge is -2.43. The zero-order valence-electron chi connectivity index (χ0n) is 18.5. The van der Waals surface area contributed by atoms with Gasteiger partial charge in [-0.3, -0.25) is 14.5 Å². The number of benzene rings is 1. The maximum absolute atomic E-state index is 13.2. The molecule has 0 bridgehead atoms. The van der Waals surface area contributed by atoms with E-state index < -0.39 is 30.0 Å². The highest BCUT2D eigenvalue weighted by Crippen LogP contribution is 2.46. The number of ether oxygens (including phenoxy) is 2. The second kappa shape index (κ2) is 8.20. The Morgan fingerprint density at radius 3 is 2.55 bits per heavy atom. The summed E-state index contributed by atoms with van der Waals surface area (Å²) in [6.07, 6.45) is 2.04. The van der Waals surface area contributed by atoms with Crippen molar-refractivity contribution >= 4 is 29.5 Å². The van der Waals surface area contributed by atoms with Gasteiger partial charge in [0.15, 0.2) is 0 Å². The van der Waals surface area contributed by atoms with E-state index in [0.717, 1.165) is 11.3 Å². The van der Waals surface area contributed by atoms with E-state index in [4.69, 9.17) is 9.47 Å². The van der Waals surface area contributed by atoms with E-state index in [9.17, 15) is 19.2 Å².